The first kappa shape index (κ1) is 43.2. The van der Waals surface area contributed by atoms with Gasteiger partial charge in [0.1, 0.15) is 29.5 Å². The number of hydrogen-bond donors (Lipinski definition) is 4. The second-order valence-corrected chi connectivity index (χ2v) is 17.7. The number of likely N-dealkylation sites (tertiary alicyclic amines) is 2. The van der Waals surface area contributed by atoms with Gasteiger partial charge in [-0.25, -0.2) is 19.6 Å². The second kappa shape index (κ2) is 17.8. The van der Waals surface area contributed by atoms with Gasteiger partial charge < -0.3 is 49.2 Å². The Morgan fingerprint density at radius 1 is 0.708 bits per heavy atom. The number of aromatic nitrogens is 5. The minimum absolute atomic E-state index is 0.128. The largest absolute Gasteiger partial charge is 0.465 e. The molecule has 0 aliphatic carbocycles. The Morgan fingerprint density at radius 2 is 1.25 bits per heavy atom. The van der Waals surface area contributed by atoms with E-state index in [0.717, 1.165) is 81.7 Å². The molecule has 0 radical (unpaired) electrons. The minimum atomic E-state index is -0.720. The van der Waals surface area contributed by atoms with Gasteiger partial charge in [0.15, 0.2) is 0 Å². The lowest BCUT2D eigenvalue weighted by Crippen LogP contribution is -2.51. The quantitative estimate of drug-likeness (QED) is 0.0997. The predicted octanol–water partition coefficient (Wildman–Crippen LogP) is 8.12. The van der Waals surface area contributed by atoms with Crippen molar-refractivity contribution < 1.29 is 33.4 Å². The molecule has 3 aliphatic heterocycles. The van der Waals surface area contributed by atoms with Gasteiger partial charge in [-0.1, -0.05) is 70.2 Å². The molecule has 0 saturated carbocycles. The molecule has 6 heterocycles. The van der Waals surface area contributed by atoms with E-state index in [1.165, 1.54) is 14.2 Å². The Labute approximate surface area is 377 Å². The summed E-state index contributed by atoms with van der Waals surface area (Å²) in [5.74, 6) is 1.55. The number of benzene rings is 3. The molecule has 4 N–H and O–H groups in total. The molecular weight excluding hydrogens is 827 g/mol. The highest BCUT2D eigenvalue weighted by atomic mass is 16.5. The number of rotatable bonds is 11. The van der Waals surface area contributed by atoms with Crippen LogP contribution >= 0.6 is 0 Å². The van der Waals surface area contributed by atoms with E-state index >= 15 is 0 Å². The van der Waals surface area contributed by atoms with Crippen LogP contribution < -0.4 is 15.4 Å². The molecule has 16 nitrogen and oxygen atoms in total. The van der Waals surface area contributed by atoms with Crippen molar-refractivity contribution in [3.63, 3.8) is 0 Å². The van der Waals surface area contributed by atoms with Gasteiger partial charge in [-0.2, -0.15) is 0 Å². The van der Waals surface area contributed by atoms with Gasteiger partial charge in [0.05, 0.1) is 61.3 Å². The molecule has 5 atom stereocenters. The Hall–Kier alpha value is -7.10. The Balaban J connectivity index is 1.00. The summed E-state index contributed by atoms with van der Waals surface area (Å²) in [6, 6.07) is 22.9. The van der Waals surface area contributed by atoms with Gasteiger partial charge in [0.2, 0.25) is 18.0 Å². The molecule has 16 heteroatoms. The van der Waals surface area contributed by atoms with Gasteiger partial charge in [-0.3, -0.25) is 9.59 Å². The molecule has 3 aliphatic rings. The Bertz CT molecular complexity index is 2740. The van der Waals surface area contributed by atoms with Crippen LogP contribution in [0.1, 0.15) is 88.9 Å². The lowest BCUT2D eigenvalue weighted by Gasteiger charge is -2.30. The maximum atomic E-state index is 13.8. The molecule has 2 fully saturated rings. The summed E-state index contributed by atoms with van der Waals surface area (Å²) >= 11 is 0. The normalized spacial score (nSPS) is 18.9. The van der Waals surface area contributed by atoms with E-state index in [-0.39, 0.29) is 35.7 Å². The molecular formula is C49H55N9O7. The monoisotopic (exact) mass is 881 g/mol. The van der Waals surface area contributed by atoms with E-state index in [4.69, 9.17) is 24.2 Å². The fourth-order valence-electron chi connectivity index (χ4n) is 9.56. The predicted molar refractivity (Wildman–Crippen MR) is 243 cm³/mol. The van der Waals surface area contributed by atoms with Crippen molar-refractivity contribution in [2.75, 3.05) is 27.3 Å². The van der Waals surface area contributed by atoms with Crippen molar-refractivity contribution >= 4 is 34.9 Å². The minimum Gasteiger partial charge on any atom is -0.465 e. The molecule has 0 spiro atoms. The van der Waals surface area contributed by atoms with E-state index in [9.17, 15) is 19.2 Å². The highest BCUT2D eigenvalue weighted by Crippen LogP contribution is 2.46. The number of nitrogens with one attached hydrogen (secondary N) is 4. The summed E-state index contributed by atoms with van der Waals surface area (Å²) in [6.07, 6.45) is 5.05. The smallest absolute Gasteiger partial charge is 0.407 e. The van der Waals surface area contributed by atoms with Crippen molar-refractivity contribution in [3.8, 4) is 39.5 Å². The van der Waals surface area contributed by atoms with Crippen LogP contribution in [0.25, 0.3) is 44.7 Å². The van der Waals surface area contributed by atoms with Gasteiger partial charge in [0, 0.05) is 40.7 Å². The fourth-order valence-corrected chi connectivity index (χ4v) is 9.56. The third-order valence-electron chi connectivity index (χ3n) is 13.0. The standard InChI is InChI=1S/C49H55N9O7/c1-27(2)41(54-48(61)63-5)45(59)56-20-10-14-37(56)43-50-25-34(52-43)30-17-19-36-32(22-30)23-39-33-18-16-31(24-40(33)65-47(58(36)39)29-12-8-7-9-13-29)35-26-51-44(53-35)38-15-11-21-57(38)46(60)42(28(3)4)55-49(62)64-6/h7-9,12-13,16-19,22-28,37-38,41-42,47H,10-11,14-15,20-21H2,1-6H3,(H,50,52)(H,51,53)(H,54,61)(H,55,62)/t37-,38-,41-,42-,47?/m0/s1. The zero-order valence-electron chi connectivity index (χ0n) is 37.5. The average Bonchev–Trinajstić information content (AvgIpc) is 4.18. The number of H-pyrrole nitrogens is 2. The highest BCUT2D eigenvalue weighted by Gasteiger charge is 2.39. The van der Waals surface area contributed by atoms with Crippen LogP contribution in [-0.4, -0.2) is 97.7 Å². The summed E-state index contributed by atoms with van der Waals surface area (Å²) in [6.45, 7) is 8.75. The molecule has 0 bridgehead atoms. The summed E-state index contributed by atoms with van der Waals surface area (Å²) in [5, 5.41) is 6.46. The third-order valence-corrected chi connectivity index (χ3v) is 13.0. The lowest BCUT2D eigenvalue weighted by molar-refractivity contribution is -0.136. The number of nitrogens with zero attached hydrogens (tertiary/aromatic N) is 5. The van der Waals surface area contributed by atoms with E-state index in [2.05, 4.69) is 73.7 Å². The third kappa shape index (κ3) is 8.17. The highest BCUT2D eigenvalue weighted by molar-refractivity contribution is 5.93. The van der Waals surface area contributed by atoms with Crippen LogP contribution in [-0.2, 0) is 19.1 Å². The van der Waals surface area contributed by atoms with Crippen LogP contribution in [0.2, 0.25) is 0 Å². The second-order valence-electron chi connectivity index (χ2n) is 17.7. The van der Waals surface area contributed by atoms with Gasteiger partial charge in [0.25, 0.3) is 0 Å². The molecule has 4 amide bonds. The van der Waals surface area contributed by atoms with Crippen LogP contribution in [0.3, 0.4) is 0 Å². The van der Waals surface area contributed by atoms with Gasteiger partial charge >= 0.3 is 12.2 Å². The van der Waals surface area contributed by atoms with E-state index in [1.807, 2.05) is 68.0 Å². The first-order valence-electron chi connectivity index (χ1n) is 22.4. The van der Waals surface area contributed by atoms with Crippen molar-refractivity contribution in [2.24, 2.45) is 11.8 Å². The number of hydrogen-bond acceptors (Lipinski definition) is 9. The number of aromatic amines is 2. The number of alkyl carbamates (subject to hydrolysis) is 2. The maximum absolute atomic E-state index is 13.8. The molecule has 9 rings (SSSR count). The molecule has 2 saturated heterocycles. The number of amides is 4. The number of fused-ring (bicyclic) bond motifs is 5. The number of ether oxygens (including phenoxy) is 3. The molecule has 65 heavy (non-hydrogen) atoms. The SMILES string of the molecule is COC(=O)N[C@H](C(=O)N1CCC[C@H]1c1ncc(-c2ccc3c(c2)OC(c2ccccc2)n2c-3cc3cc(-c4cnc([C@@H]5CCCN5C(=O)[C@@H](NC(=O)OC)C(C)C)[nH]4)ccc32)[nH]1)C(C)C. The number of methoxy groups -OCH3 is 2. The summed E-state index contributed by atoms with van der Waals surface area (Å²) in [4.78, 5) is 72.0. The number of carbonyl (C=O) groups is 4. The van der Waals surface area contributed by atoms with Crippen LogP contribution in [0.4, 0.5) is 9.59 Å². The Morgan fingerprint density at radius 3 is 1.78 bits per heavy atom. The first-order chi connectivity index (χ1) is 31.4. The zero-order chi connectivity index (χ0) is 45.5. The molecule has 338 valence electrons. The van der Waals surface area contributed by atoms with Crippen molar-refractivity contribution in [1.82, 2.24) is 44.9 Å². The molecule has 1 unspecified atom stereocenters. The topological polar surface area (TPSA) is 189 Å². The van der Waals surface area contributed by atoms with Crippen LogP contribution in [0.5, 0.6) is 5.75 Å². The van der Waals surface area contributed by atoms with E-state index in [1.54, 1.807) is 6.20 Å². The fraction of sp³-hybridized carbons (Fsp3) is 0.388. The summed E-state index contributed by atoms with van der Waals surface area (Å²) in [5.41, 5.74) is 7.43. The van der Waals surface area contributed by atoms with Crippen molar-refractivity contribution in [1.29, 1.82) is 0 Å². The zero-order valence-corrected chi connectivity index (χ0v) is 37.5. The number of imidazole rings is 2. The first-order valence-corrected chi connectivity index (χ1v) is 22.4. The summed E-state index contributed by atoms with van der Waals surface area (Å²) < 4.78 is 18.8. The lowest BCUT2D eigenvalue weighted by atomic mass is 10.0. The van der Waals surface area contributed by atoms with Crippen molar-refractivity contribution in [2.45, 2.75) is 83.8 Å². The molecule has 6 aromatic rings. The Kier molecular flexibility index (Phi) is 11.8. The molecule has 3 aromatic carbocycles. The van der Waals surface area contributed by atoms with E-state index < -0.39 is 30.5 Å². The maximum Gasteiger partial charge on any atom is 0.407 e. The van der Waals surface area contributed by atoms with Crippen LogP contribution in [0.15, 0.2) is 85.2 Å². The van der Waals surface area contributed by atoms with Crippen LogP contribution in [0, 0.1) is 11.8 Å². The number of carbonyl (C=O) groups excluding carboxylic acids is 4. The van der Waals surface area contributed by atoms with Gasteiger partial charge in [-0.15, -0.1) is 0 Å². The van der Waals surface area contributed by atoms with Gasteiger partial charge in [-0.05, 0) is 67.9 Å². The van der Waals surface area contributed by atoms with Crippen molar-refractivity contribution in [3.05, 3.63) is 102 Å². The average molecular weight is 882 g/mol. The van der Waals surface area contributed by atoms with E-state index in [0.29, 0.717) is 24.7 Å². The summed E-state index contributed by atoms with van der Waals surface area (Å²) in [7, 11) is 2.58. The molecule has 3 aromatic heterocycles.